The average molecular weight is 191 g/mol. The lowest BCUT2D eigenvalue weighted by Gasteiger charge is -2.20. The predicted molar refractivity (Wildman–Crippen MR) is 52.2 cm³/mol. The number of aliphatic hydroxyl groups is 1. The lowest BCUT2D eigenvalue weighted by atomic mass is 10.2. The molecule has 1 heterocycles. The van der Waals surface area contributed by atoms with Crippen LogP contribution in [0.4, 0.5) is 0 Å². The molecule has 1 aromatic carbocycles. The summed E-state index contributed by atoms with van der Waals surface area (Å²) in [6.45, 7) is 0.515. The first kappa shape index (κ1) is 9.21. The highest BCUT2D eigenvalue weighted by atomic mass is 16.3. The highest BCUT2D eigenvalue weighted by Crippen LogP contribution is 2.18. The number of likely N-dealkylation sites (tertiary alicyclic amines) is 1. The molecule has 0 saturated carbocycles. The first-order valence-electron chi connectivity index (χ1n) is 4.79. The van der Waals surface area contributed by atoms with Crippen LogP contribution in [0.5, 0.6) is 0 Å². The van der Waals surface area contributed by atoms with Crippen LogP contribution in [-0.2, 0) is 11.3 Å². The number of carbonyl (C=O) groups is 1. The normalized spacial score (nSPS) is 21.6. The zero-order valence-corrected chi connectivity index (χ0v) is 7.89. The maximum atomic E-state index is 11.4. The summed E-state index contributed by atoms with van der Waals surface area (Å²) < 4.78 is 0. The fraction of sp³-hybridized carbons (Fsp3) is 0.364. The summed E-state index contributed by atoms with van der Waals surface area (Å²) in [4.78, 5) is 12.9. The average Bonchev–Trinajstić information content (AvgIpc) is 2.51. The molecule has 0 aliphatic carbocycles. The third kappa shape index (κ3) is 1.77. The molecule has 1 aromatic rings. The fourth-order valence-electron chi connectivity index (χ4n) is 1.69. The largest absolute Gasteiger partial charge is 0.373 e. The molecule has 0 aromatic heterocycles. The van der Waals surface area contributed by atoms with E-state index >= 15 is 0 Å². The predicted octanol–water partition coefficient (Wildman–Crippen LogP) is 1.13. The third-order valence-corrected chi connectivity index (χ3v) is 2.49. The SMILES string of the molecule is O=C1CCC(O)N1Cc1ccccc1. The molecule has 74 valence electrons. The summed E-state index contributed by atoms with van der Waals surface area (Å²) in [5, 5.41) is 9.53. The van der Waals surface area contributed by atoms with Gasteiger partial charge in [0, 0.05) is 19.4 Å². The number of hydrogen-bond acceptors (Lipinski definition) is 2. The molecule has 1 fully saturated rings. The molecule has 0 bridgehead atoms. The first-order valence-corrected chi connectivity index (χ1v) is 4.79. The van der Waals surface area contributed by atoms with Gasteiger partial charge in [-0.15, -0.1) is 0 Å². The van der Waals surface area contributed by atoms with Crippen molar-refractivity contribution in [3.8, 4) is 0 Å². The van der Waals surface area contributed by atoms with Gasteiger partial charge in [-0.2, -0.15) is 0 Å². The minimum Gasteiger partial charge on any atom is -0.373 e. The molecule has 2 rings (SSSR count). The van der Waals surface area contributed by atoms with Crippen molar-refractivity contribution in [3.63, 3.8) is 0 Å². The Bertz CT molecular complexity index is 323. The molecule has 0 radical (unpaired) electrons. The van der Waals surface area contributed by atoms with Crippen molar-refractivity contribution < 1.29 is 9.90 Å². The van der Waals surface area contributed by atoms with E-state index in [4.69, 9.17) is 0 Å². The van der Waals surface area contributed by atoms with Crippen molar-refractivity contribution in [2.24, 2.45) is 0 Å². The second-order valence-electron chi connectivity index (χ2n) is 3.53. The van der Waals surface area contributed by atoms with Crippen LogP contribution in [0.1, 0.15) is 18.4 Å². The molecule has 1 saturated heterocycles. The van der Waals surface area contributed by atoms with E-state index in [-0.39, 0.29) is 5.91 Å². The summed E-state index contributed by atoms with van der Waals surface area (Å²) in [5.41, 5.74) is 1.06. The van der Waals surface area contributed by atoms with Crippen LogP contribution in [0.15, 0.2) is 30.3 Å². The molecule has 3 nitrogen and oxygen atoms in total. The van der Waals surface area contributed by atoms with E-state index in [9.17, 15) is 9.90 Å². The van der Waals surface area contributed by atoms with Crippen LogP contribution in [-0.4, -0.2) is 22.1 Å². The quantitative estimate of drug-likeness (QED) is 0.761. The van der Waals surface area contributed by atoms with E-state index in [1.807, 2.05) is 30.3 Å². The lowest BCUT2D eigenvalue weighted by molar-refractivity contribution is -0.134. The number of aliphatic hydroxyl groups excluding tert-OH is 1. The summed E-state index contributed by atoms with van der Waals surface area (Å²) in [6, 6.07) is 9.72. The van der Waals surface area contributed by atoms with Gasteiger partial charge >= 0.3 is 0 Å². The third-order valence-electron chi connectivity index (χ3n) is 2.49. The number of carbonyl (C=O) groups excluding carboxylic acids is 1. The van der Waals surface area contributed by atoms with Crippen LogP contribution < -0.4 is 0 Å². The van der Waals surface area contributed by atoms with E-state index < -0.39 is 6.23 Å². The van der Waals surface area contributed by atoms with Crippen LogP contribution in [0.3, 0.4) is 0 Å². The summed E-state index contributed by atoms with van der Waals surface area (Å²) in [5.74, 6) is 0.0429. The van der Waals surface area contributed by atoms with Crippen molar-refractivity contribution in [2.45, 2.75) is 25.6 Å². The summed E-state index contributed by atoms with van der Waals surface area (Å²) in [7, 11) is 0. The minimum absolute atomic E-state index is 0.0429. The number of hydrogen-bond donors (Lipinski definition) is 1. The minimum atomic E-state index is -0.595. The highest BCUT2D eigenvalue weighted by Gasteiger charge is 2.28. The number of amides is 1. The Morgan fingerprint density at radius 2 is 2.07 bits per heavy atom. The van der Waals surface area contributed by atoms with E-state index in [0.29, 0.717) is 19.4 Å². The van der Waals surface area contributed by atoms with Gasteiger partial charge in [0.2, 0.25) is 5.91 Å². The Labute approximate surface area is 83.0 Å². The lowest BCUT2D eigenvalue weighted by Crippen LogP contribution is -2.31. The van der Waals surface area contributed by atoms with Gasteiger partial charge in [0.15, 0.2) is 0 Å². The molecule has 1 N–H and O–H groups in total. The Morgan fingerprint density at radius 3 is 2.64 bits per heavy atom. The molecule has 14 heavy (non-hydrogen) atoms. The van der Waals surface area contributed by atoms with Crippen molar-refractivity contribution >= 4 is 5.91 Å². The Hall–Kier alpha value is -1.35. The van der Waals surface area contributed by atoms with Gasteiger partial charge in [-0.1, -0.05) is 30.3 Å². The Balaban J connectivity index is 2.07. The number of rotatable bonds is 2. The maximum absolute atomic E-state index is 11.4. The number of benzene rings is 1. The van der Waals surface area contributed by atoms with Gasteiger partial charge in [-0.05, 0) is 5.56 Å². The van der Waals surface area contributed by atoms with Crippen molar-refractivity contribution in [1.82, 2.24) is 4.90 Å². The van der Waals surface area contributed by atoms with E-state index in [1.54, 1.807) is 0 Å². The van der Waals surface area contributed by atoms with E-state index in [1.165, 1.54) is 4.90 Å². The standard InChI is InChI=1S/C11H13NO2/c13-10-6-7-11(14)12(10)8-9-4-2-1-3-5-9/h1-5,10,13H,6-8H2. The fourth-order valence-corrected chi connectivity index (χ4v) is 1.69. The zero-order valence-electron chi connectivity index (χ0n) is 7.89. The van der Waals surface area contributed by atoms with E-state index in [0.717, 1.165) is 5.56 Å². The molecular formula is C11H13NO2. The zero-order chi connectivity index (χ0) is 9.97. The summed E-state index contributed by atoms with van der Waals surface area (Å²) in [6.07, 6.45) is 0.433. The highest BCUT2D eigenvalue weighted by molar-refractivity contribution is 5.78. The smallest absolute Gasteiger partial charge is 0.225 e. The Kier molecular flexibility index (Phi) is 2.50. The second kappa shape index (κ2) is 3.80. The molecule has 1 aliphatic heterocycles. The molecule has 1 unspecified atom stereocenters. The summed E-state index contributed by atoms with van der Waals surface area (Å²) >= 11 is 0. The van der Waals surface area contributed by atoms with Crippen molar-refractivity contribution in [2.75, 3.05) is 0 Å². The van der Waals surface area contributed by atoms with Crippen molar-refractivity contribution in [1.29, 1.82) is 0 Å². The van der Waals surface area contributed by atoms with Gasteiger partial charge < -0.3 is 10.0 Å². The van der Waals surface area contributed by atoms with Crippen molar-refractivity contribution in [3.05, 3.63) is 35.9 Å². The van der Waals surface area contributed by atoms with Gasteiger partial charge in [0.25, 0.3) is 0 Å². The molecule has 1 aliphatic rings. The first-order chi connectivity index (χ1) is 6.77. The van der Waals surface area contributed by atoms with Crippen LogP contribution in [0, 0.1) is 0 Å². The molecule has 1 atom stereocenters. The Morgan fingerprint density at radius 1 is 1.36 bits per heavy atom. The van der Waals surface area contributed by atoms with Crippen LogP contribution >= 0.6 is 0 Å². The number of nitrogens with zero attached hydrogens (tertiary/aromatic N) is 1. The van der Waals surface area contributed by atoms with Gasteiger partial charge in [0.05, 0.1) is 0 Å². The van der Waals surface area contributed by atoms with Gasteiger partial charge in [-0.3, -0.25) is 4.79 Å². The second-order valence-corrected chi connectivity index (χ2v) is 3.53. The van der Waals surface area contributed by atoms with Gasteiger partial charge in [-0.25, -0.2) is 0 Å². The van der Waals surface area contributed by atoms with E-state index in [2.05, 4.69) is 0 Å². The maximum Gasteiger partial charge on any atom is 0.225 e. The molecular weight excluding hydrogens is 178 g/mol. The van der Waals surface area contributed by atoms with Gasteiger partial charge in [0.1, 0.15) is 6.23 Å². The molecule has 3 heteroatoms. The topological polar surface area (TPSA) is 40.5 Å². The van der Waals surface area contributed by atoms with Crippen LogP contribution in [0.25, 0.3) is 0 Å². The molecule has 1 amide bonds. The molecule has 0 spiro atoms. The monoisotopic (exact) mass is 191 g/mol. The van der Waals surface area contributed by atoms with Crippen LogP contribution in [0.2, 0.25) is 0 Å².